The Morgan fingerprint density at radius 3 is 2.62 bits per heavy atom. The zero-order valence-corrected chi connectivity index (χ0v) is 17.8. The second-order valence-electron chi connectivity index (χ2n) is 7.83. The van der Waals surface area contributed by atoms with E-state index in [4.69, 9.17) is 0 Å². The first-order valence-corrected chi connectivity index (χ1v) is 12.4. The Kier molecular flexibility index (Phi) is 5.77. The third kappa shape index (κ3) is 4.11. The number of rotatable bonds is 7. The average molecular weight is 437 g/mol. The molecule has 8 heteroatoms. The van der Waals surface area contributed by atoms with E-state index in [1.807, 2.05) is 0 Å². The minimum absolute atomic E-state index is 0.0485. The molecule has 29 heavy (non-hydrogen) atoms. The van der Waals surface area contributed by atoms with Crippen LogP contribution < -0.4 is 5.32 Å². The van der Waals surface area contributed by atoms with Crippen molar-refractivity contribution in [3.63, 3.8) is 0 Å². The first-order valence-electron chi connectivity index (χ1n) is 10.0. The smallest absolute Gasteiger partial charge is 0.252 e. The molecule has 1 amide bonds. The fourth-order valence-electron chi connectivity index (χ4n) is 4.17. The van der Waals surface area contributed by atoms with Crippen LogP contribution in [0.3, 0.4) is 0 Å². The molecule has 1 atom stereocenters. The highest BCUT2D eigenvalue weighted by atomic mass is 32.2. The quantitative estimate of drug-likeness (QED) is 0.720. The number of halogens is 1. The molecular formula is C21H25FN2O3S2. The van der Waals surface area contributed by atoms with Crippen molar-refractivity contribution in [2.24, 2.45) is 0 Å². The third-order valence-electron chi connectivity index (χ3n) is 5.98. The number of nitrogens with one attached hydrogen (secondary N) is 1. The van der Waals surface area contributed by atoms with Gasteiger partial charge in [0.05, 0.1) is 5.41 Å². The standard InChI is InChI=1S/C21H25FN2O3S2/c22-17-8-6-16(7-9-17)21(11-12-21)20(25)23-13-10-18-4-1-2-14-24(18)29(26,27)19-5-3-15-28-19/h3,5-9,15,18H,1-2,4,10-14H2,(H,23,25). The molecule has 1 saturated carbocycles. The van der Waals surface area contributed by atoms with Crippen LogP contribution in [0, 0.1) is 5.82 Å². The van der Waals surface area contributed by atoms with Crippen LogP contribution in [-0.4, -0.2) is 37.8 Å². The summed E-state index contributed by atoms with van der Waals surface area (Å²) in [6.07, 6.45) is 4.77. The van der Waals surface area contributed by atoms with Crippen LogP contribution in [0.2, 0.25) is 0 Å². The molecule has 1 aliphatic heterocycles. The molecule has 1 aromatic carbocycles. The minimum Gasteiger partial charge on any atom is -0.355 e. The Morgan fingerprint density at radius 2 is 1.97 bits per heavy atom. The van der Waals surface area contributed by atoms with E-state index < -0.39 is 15.4 Å². The summed E-state index contributed by atoms with van der Waals surface area (Å²) in [5.74, 6) is -0.359. The number of hydrogen-bond acceptors (Lipinski definition) is 4. The number of hydrogen-bond donors (Lipinski definition) is 1. The summed E-state index contributed by atoms with van der Waals surface area (Å²) in [6, 6.07) is 9.43. The molecule has 1 saturated heterocycles. The van der Waals surface area contributed by atoms with Crippen molar-refractivity contribution in [3.05, 3.63) is 53.2 Å². The number of amides is 1. The highest BCUT2D eigenvalue weighted by Crippen LogP contribution is 2.48. The summed E-state index contributed by atoms with van der Waals surface area (Å²) in [5.41, 5.74) is 0.291. The Labute approximate surface area is 175 Å². The van der Waals surface area contributed by atoms with Gasteiger partial charge in [-0.3, -0.25) is 4.79 Å². The summed E-state index contributed by atoms with van der Waals surface area (Å²) in [6.45, 7) is 0.960. The molecular weight excluding hydrogens is 411 g/mol. The van der Waals surface area contributed by atoms with Crippen molar-refractivity contribution in [2.45, 2.75) is 54.2 Å². The van der Waals surface area contributed by atoms with Gasteiger partial charge in [-0.05, 0) is 61.2 Å². The van der Waals surface area contributed by atoms with Crippen LogP contribution in [-0.2, 0) is 20.2 Å². The first-order chi connectivity index (χ1) is 13.9. The summed E-state index contributed by atoms with van der Waals surface area (Å²) < 4.78 is 41.1. The van der Waals surface area contributed by atoms with E-state index in [2.05, 4.69) is 5.32 Å². The molecule has 1 unspecified atom stereocenters. The molecule has 2 heterocycles. The van der Waals surface area contributed by atoms with Gasteiger partial charge in [0, 0.05) is 19.1 Å². The topological polar surface area (TPSA) is 66.5 Å². The van der Waals surface area contributed by atoms with Crippen molar-refractivity contribution in [2.75, 3.05) is 13.1 Å². The van der Waals surface area contributed by atoms with Crippen LogP contribution in [0.5, 0.6) is 0 Å². The van der Waals surface area contributed by atoms with Gasteiger partial charge in [0.25, 0.3) is 10.0 Å². The zero-order valence-electron chi connectivity index (χ0n) is 16.1. The molecule has 5 nitrogen and oxygen atoms in total. The largest absolute Gasteiger partial charge is 0.355 e. The van der Waals surface area contributed by atoms with E-state index in [9.17, 15) is 17.6 Å². The Balaban J connectivity index is 1.38. The number of nitrogens with zero attached hydrogens (tertiary/aromatic N) is 1. The second-order valence-corrected chi connectivity index (χ2v) is 10.9. The lowest BCUT2D eigenvalue weighted by atomic mass is 9.94. The third-order valence-corrected chi connectivity index (χ3v) is 9.30. The van der Waals surface area contributed by atoms with Crippen molar-refractivity contribution in [1.82, 2.24) is 9.62 Å². The number of carbonyl (C=O) groups excluding carboxylic acids is 1. The van der Waals surface area contributed by atoms with Gasteiger partial charge in [-0.25, -0.2) is 12.8 Å². The van der Waals surface area contributed by atoms with Gasteiger partial charge in [-0.1, -0.05) is 24.6 Å². The number of carbonyl (C=O) groups is 1. The van der Waals surface area contributed by atoms with Crippen LogP contribution >= 0.6 is 11.3 Å². The van der Waals surface area contributed by atoms with Crippen LogP contribution in [0.4, 0.5) is 4.39 Å². The molecule has 2 fully saturated rings. The maximum Gasteiger partial charge on any atom is 0.252 e. The van der Waals surface area contributed by atoms with E-state index in [-0.39, 0.29) is 17.8 Å². The van der Waals surface area contributed by atoms with E-state index in [0.29, 0.717) is 23.7 Å². The van der Waals surface area contributed by atoms with Crippen LogP contribution in [0.25, 0.3) is 0 Å². The SMILES string of the molecule is O=C(NCCC1CCCCN1S(=O)(=O)c1cccs1)C1(c2ccc(F)cc2)CC1. The number of piperidine rings is 1. The molecule has 156 valence electrons. The molecule has 2 aromatic rings. The van der Waals surface area contributed by atoms with Crippen molar-refractivity contribution in [3.8, 4) is 0 Å². The fraction of sp³-hybridized carbons (Fsp3) is 0.476. The number of benzene rings is 1. The monoisotopic (exact) mass is 436 g/mol. The molecule has 0 spiro atoms. The van der Waals surface area contributed by atoms with Crippen molar-refractivity contribution >= 4 is 27.3 Å². The maximum atomic E-state index is 13.2. The molecule has 1 N–H and O–H groups in total. The normalized spacial score (nSPS) is 21.6. The van der Waals surface area contributed by atoms with Crippen LogP contribution in [0.1, 0.15) is 44.1 Å². The lowest BCUT2D eigenvalue weighted by molar-refractivity contribution is -0.123. The van der Waals surface area contributed by atoms with Gasteiger partial charge >= 0.3 is 0 Å². The summed E-state index contributed by atoms with van der Waals surface area (Å²) in [4.78, 5) is 12.8. The summed E-state index contributed by atoms with van der Waals surface area (Å²) in [7, 11) is -3.48. The molecule has 2 aliphatic rings. The van der Waals surface area contributed by atoms with Crippen LogP contribution in [0.15, 0.2) is 46.0 Å². The number of sulfonamides is 1. The van der Waals surface area contributed by atoms with E-state index in [0.717, 1.165) is 37.7 Å². The zero-order chi connectivity index (χ0) is 20.5. The Morgan fingerprint density at radius 1 is 1.21 bits per heavy atom. The van der Waals surface area contributed by atoms with Gasteiger partial charge in [0.2, 0.25) is 5.91 Å². The highest BCUT2D eigenvalue weighted by molar-refractivity contribution is 7.91. The average Bonchev–Trinajstić information content (AvgIpc) is 3.33. The summed E-state index contributed by atoms with van der Waals surface area (Å²) >= 11 is 1.24. The highest BCUT2D eigenvalue weighted by Gasteiger charge is 2.51. The van der Waals surface area contributed by atoms with Gasteiger partial charge in [-0.2, -0.15) is 4.31 Å². The van der Waals surface area contributed by atoms with Gasteiger partial charge < -0.3 is 5.32 Å². The predicted molar refractivity (Wildman–Crippen MR) is 111 cm³/mol. The molecule has 4 rings (SSSR count). The maximum absolute atomic E-state index is 13.2. The van der Waals surface area contributed by atoms with Crippen molar-refractivity contribution in [1.29, 1.82) is 0 Å². The van der Waals surface area contributed by atoms with E-state index in [1.165, 1.54) is 23.5 Å². The lowest BCUT2D eigenvalue weighted by Crippen LogP contribution is -2.45. The predicted octanol–water partition coefficient (Wildman–Crippen LogP) is 3.67. The minimum atomic E-state index is -3.48. The molecule has 1 aromatic heterocycles. The molecule has 1 aliphatic carbocycles. The fourth-order valence-corrected chi connectivity index (χ4v) is 7.01. The van der Waals surface area contributed by atoms with E-state index >= 15 is 0 Å². The Bertz CT molecular complexity index is 954. The van der Waals surface area contributed by atoms with Crippen molar-refractivity contribution < 1.29 is 17.6 Å². The first kappa shape index (κ1) is 20.5. The molecule has 0 radical (unpaired) electrons. The second kappa shape index (κ2) is 8.16. The van der Waals surface area contributed by atoms with Gasteiger partial charge in [-0.15, -0.1) is 11.3 Å². The lowest BCUT2D eigenvalue weighted by Gasteiger charge is -2.34. The number of thiophene rings is 1. The van der Waals surface area contributed by atoms with E-state index in [1.54, 1.807) is 34.0 Å². The van der Waals surface area contributed by atoms with Gasteiger partial charge in [0.15, 0.2) is 0 Å². The molecule has 0 bridgehead atoms. The summed E-state index contributed by atoms with van der Waals surface area (Å²) in [5, 5.41) is 4.78. The Hall–Kier alpha value is -1.77. The van der Waals surface area contributed by atoms with Gasteiger partial charge in [0.1, 0.15) is 10.0 Å².